The number of hydrogen-bond donors (Lipinski definition) is 1. The number of nitrogens with one attached hydrogen (secondary N) is 1. The van der Waals surface area contributed by atoms with Crippen molar-refractivity contribution in [2.24, 2.45) is 5.10 Å². The number of rotatable bonds is 4. The van der Waals surface area contributed by atoms with Crippen molar-refractivity contribution >= 4 is 23.7 Å². The number of aryl methyl sites for hydroxylation is 2. The summed E-state index contributed by atoms with van der Waals surface area (Å²) in [6, 6.07) is 18.8. The van der Waals surface area contributed by atoms with Gasteiger partial charge in [0.15, 0.2) is 0 Å². The molecule has 0 saturated carbocycles. The van der Waals surface area contributed by atoms with E-state index in [1.807, 2.05) is 24.3 Å². The third kappa shape index (κ3) is 3.98. The van der Waals surface area contributed by atoms with Gasteiger partial charge in [0.05, 0.1) is 6.21 Å². The maximum Gasteiger partial charge on any atom is 0.271 e. The van der Waals surface area contributed by atoms with Gasteiger partial charge in [0.2, 0.25) is 0 Å². The van der Waals surface area contributed by atoms with Gasteiger partial charge in [-0.05, 0) is 67.9 Å². The fourth-order valence-corrected chi connectivity index (χ4v) is 2.74. The second-order valence-electron chi connectivity index (χ2n) is 5.75. The smallest absolute Gasteiger partial charge is 0.271 e. The first-order valence-corrected chi connectivity index (χ1v) is 8.27. The maximum absolute atomic E-state index is 12.2. The zero-order valence-corrected chi connectivity index (χ0v) is 14.8. The molecule has 0 unspecified atom stereocenters. The number of nitrogens with zero attached hydrogens (tertiary/aromatic N) is 2. The van der Waals surface area contributed by atoms with E-state index in [4.69, 9.17) is 11.6 Å². The lowest BCUT2D eigenvalue weighted by Crippen LogP contribution is -2.17. The second-order valence-corrected chi connectivity index (χ2v) is 6.19. The Balaban J connectivity index is 1.68. The predicted octanol–water partition coefficient (Wildman–Crippen LogP) is 4.51. The van der Waals surface area contributed by atoms with Crippen LogP contribution in [-0.2, 0) is 0 Å². The largest absolute Gasteiger partial charge is 0.319 e. The molecular weight excluding hydrogens is 334 g/mol. The van der Waals surface area contributed by atoms with Gasteiger partial charge in [0.25, 0.3) is 5.91 Å². The highest BCUT2D eigenvalue weighted by Gasteiger charge is 2.07. The fraction of sp³-hybridized carbons (Fsp3) is 0.100. The molecule has 0 fully saturated rings. The molecule has 1 heterocycles. The first-order chi connectivity index (χ1) is 12.0. The Bertz CT molecular complexity index is 890. The zero-order valence-electron chi connectivity index (χ0n) is 14.0. The summed E-state index contributed by atoms with van der Waals surface area (Å²) in [4.78, 5) is 12.2. The highest BCUT2D eigenvalue weighted by atomic mass is 35.5. The van der Waals surface area contributed by atoms with Gasteiger partial charge in [-0.2, -0.15) is 5.10 Å². The number of hydrogen-bond acceptors (Lipinski definition) is 2. The SMILES string of the molecule is Cc1ccc(C)n1-c1ccc(C(=O)N/N=C/c2ccc(Cl)cc2)cc1. The number of carbonyl (C=O) groups excluding carboxylic acids is 1. The molecule has 0 aliphatic carbocycles. The van der Waals surface area contributed by atoms with E-state index in [2.05, 4.69) is 41.1 Å². The minimum atomic E-state index is -0.252. The normalized spacial score (nSPS) is 11.0. The number of carbonyl (C=O) groups is 1. The van der Waals surface area contributed by atoms with E-state index in [0.717, 1.165) is 22.6 Å². The van der Waals surface area contributed by atoms with E-state index in [-0.39, 0.29) is 5.91 Å². The monoisotopic (exact) mass is 351 g/mol. The van der Waals surface area contributed by atoms with Gasteiger partial charge in [-0.3, -0.25) is 4.79 Å². The molecule has 4 nitrogen and oxygen atoms in total. The molecule has 0 spiro atoms. The number of benzene rings is 2. The van der Waals surface area contributed by atoms with Gasteiger partial charge in [0, 0.05) is 27.7 Å². The van der Waals surface area contributed by atoms with Crippen molar-refractivity contribution < 1.29 is 4.79 Å². The van der Waals surface area contributed by atoms with Crippen molar-refractivity contribution in [2.75, 3.05) is 0 Å². The Morgan fingerprint density at radius 3 is 2.16 bits per heavy atom. The topological polar surface area (TPSA) is 46.4 Å². The van der Waals surface area contributed by atoms with Crippen LogP contribution in [0, 0.1) is 13.8 Å². The predicted molar refractivity (Wildman–Crippen MR) is 102 cm³/mol. The average Bonchev–Trinajstić information content (AvgIpc) is 2.95. The Morgan fingerprint density at radius 2 is 1.56 bits per heavy atom. The molecule has 3 aromatic rings. The van der Waals surface area contributed by atoms with Crippen LogP contribution in [0.3, 0.4) is 0 Å². The molecule has 0 aliphatic rings. The maximum atomic E-state index is 12.2. The van der Waals surface area contributed by atoms with Crippen LogP contribution in [0.2, 0.25) is 5.02 Å². The highest BCUT2D eigenvalue weighted by molar-refractivity contribution is 6.30. The Morgan fingerprint density at radius 1 is 0.960 bits per heavy atom. The summed E-state index contributed by atoms with van der Waals surface area (Å²) in [6.45, 7) is 4.11. The minimum absolute atomic E-state index is 0.252. The Hall–Kier alpha value is -2.85. The van der Waals surface area contributed by atoms with Crippen LogP contribution in [0.25, 0.3) is 5.69 Å². The van der Waals surface area contributed by atoms with Crippen LogP contribution in [-0.4, -0.2) is 16.7 Å². The molecule has 1 amide bonds. The summed E-state index contributed by atoms with van der Waals surface area (Å²) < 4.78 is 2.14. The Labute approximate surface area is 151 Å². The number of aromatic nitrogens is 1. The Kier molecular flexibility index (Phi) is 5.00. The van der Waals surface area contributed by atoms with Crippen LogP contribution in [0.5, 0.6) is 0 Å². The van der Waals surface area contributed by atoms with Crippen LogP contribution >= 0.6 is 11.6 Å². The summed E-state index contributed by atoms with van der Waals surface area (Å²) >= 11 is 5.83. The molecule has 1 N–H and O–H groups in total. The van der Waals surface area contributed by atoms with E-state index in [1.54, 1.807) is 30.5 Å². The number of hydrazone groups is 1. The quantitative estimate of drug-likeness (QED) is 0.545. The molecule has 0 atom stereocenters. The van der Waals surface area contributed by atoms with Crippen molar-refractivity contribution in [3.63, 3.8) is 0 Å². The van der Waals surface area contributed by atoms with Crippen molar-refractivity contribution in [3.8, 4) is 5.69 Å². The van der Waals surface area contributed by atoms with Crippen molar-refractivity contribution in [1.82, 2.24) is 9.99 Å². The van der Waals surface area contributed by atoms with Gasteiger partial charge in [-0.1, -0.05) is 23.7 Å². The van der Waals surface area contributed by atoms with Crippen molar-refractivity contribution in [2.45, 2.75) is 13.8 Å². The summed E-state index contributed by atoms with van der Waals surface area (Å²) in [6.07, 6.45) is 1.58. The van der Waals surface area contributed by atoms with Crippen LogP contribution in [0.4, 0.5) is 0 Å². The lowest BCUT2D eigenvalue weighted by atomic mass is 10.2. The summed E-state index contributed by atoms with van der Waals surface area (Å²) in [5.41, 5.74) is 7.28. The summed E-state index contributed by atoms with van der Waals surface area (Å²) in [7, 11) is 0. The fourth-order valence-electron chi connectivity index (χ4n) is 2.62. The van der Waals surface area contributed by atoms with Crippen LogP contribution in [0.15, 0.2) is 65.8 Å². The van der Waals surface area contributed by atoms with E-state index < -0.39 is 0 Å². The van der Waals surface area contributed by atoms with Crippen LogP contribution < -0.4 is 5.43 Å². The second kappa shape index (κ2) is 7.36. The molecule has 0 aliphatic heterocycles. The molecule has 3 rings (SSSR count). The molecular formula is C20H18ClN3O. The minimum Gasteiger partial charge on any atom is -0.319 e. The van der Waals surface area contributed by atoms with Gasteiger partial charge in [0.1, 0.15) is 0 Å². The van der Waals surface area contributed by atoms with E-state index >= 15 is 0 Å². The van der Waals surface area contributed by atoms with E-state index in [0.29, 0.717) is 10.6 Å². The molecule has 0 radical (unpaired) electrons. The number of amides is 1. The third-order valence-electron chi connectivity index (χ3n) is 3.91. The molecule has 1 aromatic heterocycles. The van der Waals surface area contributed by atoms with Gasteiger partial charge in [-0.25, -0.2) is 5.43 Å². The average molecular weight is 352 g/mol. The lowest BCUT2D eigenvalue weighted by molar-refractivity contribution is 0.0955. The molecule has 0 bridgehead atoms. The molecule has 2 aromatic carbocycles. The highest BCUT2D eigenvalue weighted by Crippen LogP contribution is 2.16. The van der Waals surface area contributed by atoms with Gasteiger partial charge < -0.3 is 4.57 Å². The van der Waals surface area contributed by atoms with E-state index in [9.17, 15) is 4.79 Å². The summed E-state index contributed by atoms with van der Waals surface area (Å²) in [5, 5.41) is 4.64. The van der Waals surface area contributed by atoms with Crippen LogP contribution in [0.1, 0.15) is 27.3 Å². The van der Waals surface area contributed by atoms with Gasteiger partial charge >= 0.3 is 0 Å². The van der Waals surface area contributed by atoms with Gasteiger partial charge in [-0.15, -0.1) is 0 Å². The van der Waals surface area contributed by atoms with E-state index in [1.165, 1.54) is 0 Å². The number of halogens is 1. The molecule has 0 saturated heterocycles. The van der Waals surface area contributed by atoms with Crippen molar-refractivity contribution in [3.05, 3.63) is 88.2 Å². The molecule has 126 valence electrons. The summed E-state index contributed by atoms with van der Waals surface area (Å²) in [5.74, 6) is -0.252. The third-order valence-corrected chi connectivity index (χ3v) is 4.16. The first-order valence-electron chi connectivity index (χ1n) is 7.89. The lowest BCUT2D eigenvalue weighted by Gasteiger charge is -2.10. The molecule has 5 heteroatoms. The first kappa shape index (κ1) is 17.0. The van der Waals surface area contributed by atoms with Crippen molar-refractivity contribution in [1.29, 1.82) is 0 Å². The standard InChI is InChI=1S/C20H18ClN3O/c1-14-3-4-15(2)24(14)19-11-7-17(8-12-19)20(25)23-22-13-16-5-9-18(21)10-6-16/h3-13H,1-2H3,(H,23,25)/b22-13+. The molecule has 25 heavy (non-hydrogen) atoms. The zero-order chi connectivity index (χ0) is 17.8.